The first kappa shape index (κ1) is 37.1. The molecule has 0 bridgehead atoms. The van der Waals surface area contributed by atoms with Crippen molar-refractivity contribution < 1.29 is 23.9 Å². The summed E-state index contributed by atoms with van der Waals surface area (Å²) in [5.74, 6) is 2.28. The van der Waals surface area contributed by atoms with Crippen LogP contribution in [0.4, 0.5) is 17.1 Å². The largest absolute Gasteiger partial charge is 0.493 e. The number of piperidine rings is 1. The summed E-state index contributed by atoms with van der Waals surface area (Å²) in [6, 6.07) is 19.0. The Kier molecular flexibility index (Phi) is 10.0. The van der Waals surface area contributed by atoms with E-state index in [1.54, 1.807) is 25.4 Å². The van der Waals surface area contributed by atoms with Crippen molar-refractivity contribution in [3.05, 3.63) is 99.9 Å². The maximum Gasteiger partial charge on any atom is 0.293 e. The quantitative estimate of drug-likeness (QED) is 0.0556. The lowest BCUT2D eigenvalue weighted by Gasteiger charge is -2.56. The molecule has 2 saturated heterocycles. The maximum absolute atomic E-state index is 13.6. The van der Waals surface area contributed by atoms with E-state index in [0.29, 0.717) is 33.4 Å². The predicted octanol–water partition coefficient (Wildman–Crippen LogP) is 6.79. The number of nitrogens with zero attached hydrogens (tertiary/aromatic N) is 5. The van der Waals surface area contributed by atoms with Gasteiger partial charge in [-0.3, -0.25) is 29.4 Å². The highest BCUT2D eigenvalue weighted by Crippen LogP contribution is 2.52. The lowest BCUT2D eigenvalue weighted by molar-refractivity contribution is -0.384. The van der Waals surface area contributed by atoms with Crippen LogP contribution >= 0.6 is 11.9 Å². The molecule has 4 N–H and O–H groups in total. The second kappa shape index (κ2) is 15.4. The zero-order valence-electron chi connectivity index (χ0n) is 31.9. The van der Waals surface area contributed by atoms with Crippen LogP contribution in [0.25, 0.3) is 11.0 Å². The van der Waals surface area contributed by atoms with Gasteiger partial charge in [0.25, 0.3) is 11.6 Å². The highest BCUT2D eigenvalue weighted by atomic mass is 32.2. The topological polar surface area (TPSA) is 164 Å². The highest BCUT2D eigenvalue weighted by Gasteiger charge is 2.48. The van der Waals surface area contributed by atoms with Crippen LogP contribution < -0.4 is 29.6 Å². The molecule has 296 valence electrons. The average Bonchev–Trinajstić information content (AvgIpc) is 3.89. The zero-order chi connectivity index (χ0) is 39.1. The number of nitro benzene ring substituents is 1. The van der Waals surface area contributed by atoms with E-state index in [4.69, 9.17) is 19.9 Å². The van der Waals surface area contributed by atoms with Crippen LogP contribution in [-0.2, 0) is 13.0 Å². The van der Waals surface area contributed by atoms with Crippen LogP contribution in [0.3, 0.4) is 0 Å². The minimum atomic E-state index is -0.541. The molecule has 3 aliphatic heterocycles. The van der Waals surface area contributed by atoms with Crippen molar-refractivity contribution in [2.75, 3.05) is 63.6 Å². The Balaban J connectivity index is 0.820. The van der Waals surface area contributed by atoms with E-state index in [2.05, 4.69) is 41.5 Å². The van der Waals surface area contributed by atoms with E-state index in [9.17, 15) is 14.9 Å². The van der Waals surface area contributed by atoms with Crippen LogP contribution in [0.1, 0.15) is 47.2 Å². The number of hydrogen-bond acceptors (Lipinski definition) is 12. The average molecular weight is 791 g/mol. The molecule has 14 nitrogen and oxygen atoms in total. The molecule has 0 radical (unpaired) electrons. The van der Waals surface area contributed by atoms with E-state index >= 15 is 0 Å². The van der Waals surface area contributed by atoms with E-state index in [-0.39, 0.29) is 11.4 Å². The summed E-state index contributed by atoms with van der Waals surface area (Å²) in [6.07, 6.45) is 9.16. The van der Waals surface area contributed by atoms with Gasteiger partial charge in [-0.1, -0.05) is 6.07 Å². The Bertz CT molecular complexity index is 2310. The van der Waals surface area contributed by atoms with Gasteiger partial charge >= 0.3 is 0 Å². The number of fused-ring (bicyclic) bond motifs is 2. The molecule has 9 rings (SSSR count). The Morgan fingerprint density at radius 2 is 1.88 bits per heavy atom. The number of benzene rings is 3. The number of nitrogens with one attached hydrogen (secondary N) is 2. The number of nitrogens with two attached hydrogens (primary N) is 1. The molecule has 0 unspecified atom stereocenters. The molecule has 2 aromatic heterocycles. The lowest BCUT2D eigenvalue weighted by atomic mass is 9.60. The van der Waals surface area contributed by atoms with E-state index in [1.807, 2.05) is 30.5 Å². The van der Waals surface area contributed by atoms with Gasteiger partial charge in [-0.25, -0.2) is 4.98 Å². The number of carbonyl (C=O) groups excluding carboxylic acids is 1. The van der Waals surface area contributed by atoms with Crippen molar-refractivity contribution in [1.29, 1.82) is 0 Å². The Morgan fingerprint density at radius 1 is 1.05 bits per heavy atom. The lowest BCUT2D eigenvalue weighted by Crippen LogP contribution is -2.59. The number of piperazine rings is 1. The number of pyridine rings is 1. The van der Waals surface area contributed by atoms with Crippen molar-refractivity contribution >= 4 is 46.0 Å². The summed E-state index contributed by atoms with van der Waals surface area (Å²) < 4.78 is 20.6. The predicted molar refractivity (Wildman–Crippen MR) is 219 cm³/mol. The molecule has 0 atom stereocenters. The molecule has 1 aliphatic carbocycles. The van der Waals surface area contributed by atoms with Crippen LogP contribution in [0.5, 0.6) is 23.0 Å². The minimum absolute atomic E-state index is 0.0602. The zero-order valence-corrected chi connectivity index (χ0v) is 32.7. The molecule has 1 saturated carbocycles. The molecule has 4 aliphatic rings. The van der Waals surface area contributed by atoms with E-state index in [0.717, 1.165) is 112 Å². The number of rotatable bonds is 11. The van der Waals surface area contributed by atoms with Gasteiger partial charge in [0, 0.05) is 98.1 Å². The third kappa shape index (κ3) is 7.66. The number of nitro groups is 1. The molecular weight excluding hydrogens is 745 g/mol. The molecule has 1 spiro atoms. The number of ether oxygens (including phenoxy) is 3. The number of nitrogen functional groups attached to an aromatic ring is 1. The third-order valence-electron chi connectivity index (χ3n) is 12.2. The van der Waals surface area contributed by atoms with Crippen molar-refractivity contribution in [3.63, 3.8) is 0 Å². The fourth-order valence-electron chi connectivity index (χ4n) is 8.96. The van der Waals surface area contributed by atoms with Crippen LogP contribution in [0, 0.1) is 15.5 Å². The second-order valence-corrected chi connectivity index (χ2v) is 16.5. The number of carbonyl (C=O) groups is 1. The standard InChI is InChI=1S/C42H46N8O6S/c1-54-38-19-27(18-28-7-17-55-39(28)38)26-47-13-15-49(16-14-47)31-23-42(24-31)8-11-48(12-9-42)30-2-4-34(37(21-30)56-32-20-29-6-10-44-40(29)45-25-32)41(51)46-57-33-3-5-35(43)36(22-33)50(52)53/h2-6,10,18-22,25,31H,7-9,11-17,23-24,26,43H2,1H3,(H,44,45)(H,46,51). The fraction of sp³-hybridized carbons (Fsp3) is 0.381. The molecule has 3 fully saturated rings. The normalized spacial score (nSPS) is 18.2. The number of H-pyrrole nitrogens is 1. The molecule has 1 amide bonds. The number of aromatic amines is 1. The van der Waals surface area contributed by atoms with Crippen molar-refractivity contribution in [1.82, 2.24) is 24.5 Å². The van der Waals surface area contributed by atoms with Crippen molar-refractivity contribution in [2.45, 2.75) is 49.6 Å². The number of hydrogen-bond donors (Lipinski definition) is 3. The summed E-state index contributed by atoms with van der Waals surface area (Å²) in [6.45, 7) is 7.89. The van der Waals surface area contributed by atoms with Gasteiger partial charge < -0.3 is 29.8 Å². The number of aromatic nitrogens is 2. The van der Waals surface area contributed by atoms with Gasteiger partial charge in [-0.05, 0) is 91.1 Å². The highest BCUT2D eigenvalue weighted by molar-refractivity contribution is 7.98. The Morgan fingerprint density at radius 3 is 2.67 bits per heavy atom. The summed E-state index contributed by atoms with van der Waals surface area (Å²) in [5.41, 5.74) is 10.6. The molecule has 5 heterocycles. The van der Waals surface area contributed by atoms with Gasteiger partial charge in [-0.2, -0.15) is 0 Å². The minimum Gasteiger partial charge on any atom is -0.493 e. The summed E-state index contributed by atoms with van der Waals surface area (Å²) in [7, 11) is 1.72. The van der Waals surface area contributed by atoms with Gasteiger partial charge in [-0.15, -0.1) is 0 Å². The van der Waals surface area contributed by atoms with E-state index in [1.165, 1.54) is 36.1 Å². The first-order valence-corrected chi connectivity index (χ1v) is 20.3. The molecule has 57 heavy (non-hydrogen) atoms. The SMILES string of the molecule is COc1cc(CN2CCN(C3CC4(CCN(c5ccc(C(=O)NSc6ccc(N)c([N+](=O)[O-])c6)c(Oc6cnc7[nH]ccc7c6)c5)CC4)C3)CC2)cc2c1OCC2. The van der Waals surface area contributed by atoms with Crippen LogP contribution in [-0.4, -0.2) is 89.6 Å². The van der Waals surface area contributed by atoms with E-state index < -0.39 is 10.8 Å². The summed E-state index contributed by atoms with van der Waals surface area (Å²) in [5, 5.41) is 12.3. The number of anilines is 2. The Labute approximate surface area is 334 Å². The first-order chi connectivity index (χ1) is 27.7. The second-order valence-electron chi connectivity index (χ2n) is 15.6. The fourth-order valence-corrected chi connectivity index (χ4v) is 9.58. The molecule has 5 aromatic rings. The smallest absolute Gasteiger partial charge is 0.293 e. The maximum atomic E-state index is 13.6. The summed E-state index contributed by atoms with van der Waals surface area (Å²) >= 11 is 0.982. The molecular formula is C42H46N8O6S. The molecule has 15 heteroatoms. The van der Waals surface area contributed by atoms with Gasteiger partial charge in [0.05, 0.1) is 30.4 Å². The van der Waals surface area contributed by atoms with Crippen LogP contribution in [0.15, 0.2) is 78.0 Å². The summed E-state index contributed by atoms with van der Waals surface area (Å²) in [4.78, 5) is 40.2. The third-order valence-corrected chi connectivity index (χ3v) is 12.9. The van der Waals surface area contributed by atoms with Crippen molar-refractivity contribution in [3.8, 4) is 23.0 Å². The van der Waals surface area contributed by atoms with Gasteiger partial charge in [0.15, 0.2) is 11.5 Å². The Hall–Kier alpha value is -5.51. The number of amides is 1. The van der Waals surface area contributed by atoms with Gasteiger partial charge in [0.1, 0.15) is 22.8 Å². The van der Waals surface area contributed by atoms with Crippen LogP contribution in [0.2, 0.25) is 0 Å². The number of methoxy groups -OCH3 is 1. The van der Waals surface area contributed by atoms with Crippen molar-refractivity contribution in [2.24, 2.45) is 5.41 Å². The molecule has 3 aromatic carbocycles. The first-order valence-electron chi connectivity index (χ1n) is 19.5. The van der Waals surface area contributed by atoms with Gasteiger partial charge in [0.2, 0.25) is 0 Å². The monoisotopic (exact) mass is 790 g/mol.